The SMILES string of the molecule is CCN1C(=O)S/C(=C/c2cc(I)c(OCc3ccc([N+](=O)[O-])cc3)c(OC)c2)C1=O. The number of methoxy groups -OCH3 is 1. The Kier molecular flexibility index (Phi) is 6.98. The Morgan fingerprint density at radius 2 is 1.93 bits per heavy atom. The van der Waals surface area contributed by atoms with Gasteiger partial charge >= 0.3 is 0 Å². The summed E-state index contributed by atoms with van der Waals surface area (Å²) in [5, 5.41) is 10.5. The Morgan fingerprint density at radius 1 is 1.23 bits per heavy atom. The number of non-ortho nitro benzene ring substituents is 1. The van der Waals surface area contributed by atoms with Crippen LogP contribution < -0.4 is 9.47 Å². The van der Waals surface area contributed by atoms with Gasteiger partial charge < -0.3 is 9.47 Å². The number of hydrogen-bond donors (Lipinski definition) is 0. The fraction of sp³-hybridized carbons (Fsp3) is 0.200. The van der Waals surface area contributed by atoms with Crippen molar-refractivity contribution >= 4 is 57.3 Å². The summed E-state index contributed by atoms with van der Waals surface area (Å²) in [6.45, 7) is 2.29. The minimum Gasteiger partial charge on any atom is -0.493 e. The van der Waals surface area contributed by atoms with Gasteiger partial charge in [-0.1, -0.05) is 0 Å². The predicted octanol–water partition coefficient (Wildman–Crippen LogP) is 4.84. The number of ether oxygens (including phenoxy) is 2. The summed E-state index contributed by atoms with van der Waals surface area (Å²) in [5.74, 6) is 0.694. The van der Waals surface area contributed by atoms with E-state index in [4.69, 9.17) is 9.47 Å². The summed E-state index contributed by atoms with van der Waals surface area (Å²) in [5.41, 5.74) is 1.50. The van der Waals surface area contributed by atoms with Gasteiger partial charge in [0.1, 0.15) is 6.61 Å². The Bertz CT molecular complexity index is 1040. The zero-order valence-corrected chi connectivity index (χ0v) is 19.1. The number of rotatable bonds is 7. The molecule has 0 spiro atoms. The molecule has 2 amide bonds. The fourth-order valence-corrected chi connectivity index (χ4v) is 4.44. The second-order valence-corrected chi connectivity index (χ2v) is 8.33. The molecule has 30 heavy (non-hydrogen) atoms. The highest BCUT2D eigenvalue weighted by molar-refractivity contribution is 14.1. The van der Waals surface area contributed by atoms with Crippen molar-refractivity contribution in [3.8, 4) is 11.5 Å². The second kappa shape index (κ2) is 9.47. The molecule has 156 valence electrons. The zero-order valence-electron chi connectivity index (χ0n) is 16.1. The van der Waals surface area contributed by atoms with E-state index < -0.39 is 4.92 Å². The highest BCUT2D eigenvalue weighted by Crippen LogP contribution is 2.37. The lowest BCUT2D eigenvalue weighted by atomic mass is 10.1. The Labute approximate surface area is 190 Å². The Balaban J connectivity index is 1.81. The molecule has 0 bridgehead atoms. The van der Waals surface area contributed by atoms with Crippen LogP contribution in [0, 0.1) is 13.7 Å². The van der Waals surface area contributed by atoms with Gasteiger partial charge in [0.15, 0.2) is 11.5 Å². The van der Waals surface area contributed by atoms with Crippen molar-refractivity contribution in [3.05, 3.63) is 66.1 Å². The van der Waals surface area contributed by atoms with Crippen molar-refractivity contribution in [1.29, 1.82) is 0 Å². The normalized spacial score (nSPS) is 15.0. The number of imide groups is 1. The third-order valence-corrected chi connectivity index (χ3v) is 5.98. The third kappa shape index (κ3) is 4.75. The summed E-state index contributed by atoms with van der Waals surface area (Å²) < 4.78 is 12.1. The maximum Gasteiger partial charge on any atom is 0.293 e. The van der Waals surface area contributed by atoms with Crippen LogP contribution in [0.4, 0.5) is 10.5 Å². The first-order chi connectivity index (χ1) is 14.3. The van der Waals surface area contributed by atoms with E-state index in [9.17, 15) is 19.7 Å². The number of halogens is 1. The van der Waals surface area contributed by atoms with Crippen molar-refractivity contribution in [1.82, 2.24) is 4.90 Å². The lowest BCUT2D eigenvalue weighted by Gasteiger charge is -2.14. The number of nitro groups is 1. The minimum absolute atomic E-state index is 0.0164. The first kappa shape index (κ1) is 22.1. The van der Waals surface area contributed by atoms with E-state index in [0.29, 0.717) is 28.5 Å². The molecule has 3 rings (SSSR count). The average molecular weight is 540 g/mol. The zero-order chi connectivity index (χ0) is 21.8. The molecule has 0 unspecified atom stereocenters. The van der Waals surface area contributed by atoms with Gasteiger partial charge in [-0.2, -0.15) is 0 Å². The van der Waals surface area contributed by atoms with Gasteiger partial charge in [-0.05, 0) is 82.7 Å². The van der Waals surface area contributed by atoms with Crippen LogP contribution in [0.1, 0.15) is 18.1 Å². The Hall–Kier alpha value is -2.60. The van der Waals surface area contributed by atoms with Crippen molar-refractivity contribution in [2.45, 2.75) is 13.5 Å². The highest BCUT2D eigenvalue weighted by Gasteiger charge is 2.33. The van der Waals surface area contributed by atoms with Gasteiger partial charge in [-0.15, -0.1) is 0 Å². The molecule has 2 aromatic carbocycles. The summed E-state index contributed by atoms with van der Waals surface area (Å²) in [7, 11) is 1.51. The van der Waals surface area contributed by atoms with Gasteiger partial charge in [0.05, 0.1) is 20.5 Å². The number of nitro benzene ring substituents is 1. The number of carbonyl (C=O) groups excluding carboxylic acids is 2. The first-order valence-electron chi connectivity index (χ1n) is 8.83. The molecule has 1 saturated heterocycles. The van der Waals surface area contributed by atoms with E-state index in [-0.39, 0.29) is 23.4 Å². The van der Waals surface area contributed by atoms with Gasteiger partial charge in [0.2, 0.25) is 0 Å². The number of nitrogens with zero attached hydrogens (tertiary/aromatic N) is 2. The van der Waals surface area contributed by atoms with Gasteiger partial charge in [0.25, 0.3) is 16.8 Å². The molecule has 2 aromatic rings. The van der Waals surface area contributed by atoms with Crippen LogP contribution >= 0.6 is 34.4 Å². The average Bonchev–Trinajstić information content (AvgIpc) is 2.99. The predicted molar refractivity (Wildman–Crippen MR) is 121 cm³/mol. The van der Waals surface area contributed by atoms with E-state index >= 15 is 0 Å². The lowest BCUT2D eigenvalue weighted by molar-refractivity contribution is -0.384. The molecular formula is C20H17IN2O6S. The minimum atomic E-state index is -0.454. The summed E-state index contributed by atoms with van der Waals surface area (Å²) >= 11 is 3.02. The van der Waals surface area contributed by atoms with E-state index in [1.807, 2.05) is 6.07 Å². The van der Waals surface area contributed by atoms with Crippen molar-refractivity contribution < 1.29 is 24.0 Å². The number of thioether (sulfide) groups is 1. The maximum absolute atomic E-state index is 12.3. The van der Waals surface area contributed by atoms with Crippen molar-refractivity contribution in [2.75, 3.05) is 13.7 Å². The van der Waals surface area contributed by atoms with E-state index in [1.165, 1.54) is 24.1 Å². The monoisotopic (exact) mass is 540 g/mol. The van der Waals surface area contributed by atoms with Crippen LogP contribution in [-0.2, 0) is 11.4 Å². The first-order valence-corrected chi connectivity index (χ1v) is 10.7. The number of amides is 2. The summed E-state index contributed by atoms with van der Waals surface area (Å²) in [6, 6.07) is 9.67. The Morgan fingerprint density at radius 3 is 2.50 bits per heavy atom. The van der Waals surface area contributed by atoms with Crippen LogP contribution in [-0.4, -0.2) is 34.6 Å². The molecule has 1 heterocycles. The van der Waals surface area contributed by atoms with Crippen LogP contribution in [0.2, 0.25) is 0 Å². The molecule has 1 aliphatic heterocycles. The maximum atomic E-state index is 12.3. The highest BCUT2D eigenvalue weighted by atomic mass is 127. The molecule has 10 heteroatoms. The molecular weight excluding hydrogens is 523 g/mol. The largest absolute Gasteiger partial charge is 0.493 e. The van der Waals surface area contributed by atoms with E-state index in [1.54, 1.807) is 31.2 Å². The lowest BCUT2D eigenvalue weighted by Crippen LogP contribution is -2.27. The van der Waals surface area contributed by atoms with E-state index in [0.717, 1.165) is 20.9 Å². The standard InChI is InChI=1S/C20H17IN2O6S/c1-3-22-19(24)17(30-20(22)25)10-13-8-15(21)18(16(9-13)28-2)29-11-12-4-6-14(7-5-12)23(26)27/h4-10H,3,11H2,1-2H3/b17-10+. The van der Waals surface area contributed by atoms with Crippen molar-refractivity contribution in [3.63, 3.8) is 0 Å². The number of carbonyl (C=O) groups is 2. The number of likely N-dealkylation sites (N-methyl/N-ethyl adjacent to an activating group) is 1. The summed E-state index contributed by atoms with van der Waals surface area (Å²) in [6.07, 6.45) is 1.66. The molecule has 0 N–H and O–H groups in total. The molecule has 1 fully saturated rings. The molecule has 0 radical (unpaired) electrons. The van der Waals surface area contributed by atoms with Crippen LogP contribution in [0.3, 0.4) is 0 Å². The van der Waals surface area contributed by atoms with Gasteiger partial charge in [-0.3, -0.25) is 24.6 Å². The molecule has 0 aliphatic carbocycles. The quantitative estimate of drug-likeness (QED) is 0.215. The molecule has 0 atom stereocenters. The van der Waals surface area contributed by atoms with Gasteiger partial charge in [0, 0.05) is 18.7 Å². The number of hydrogen-bond acceptors (Lipinski definition) is 7. The molecule has 8 nitrogen and oxygen atoms in total. The van der Waals surface area contributed by atoms with Crippen LogP contribution in [0.5, 0.6) is 11.5 Å². The summed E-state index contributed by atoms with van der Waals surface area (Å²) in [4.78, 5) is 36.0. The van der Waals surface area contributed by atoms with E-state index in [2.05, 4.69) is 22.6 Å². The fourth-order valence-electron chi connectivity index (χ4n) is 2.76. The van der Waals surface area contributed by atoms with Crippen molar-refractivity contribution in [2.24, 2.45) is 0 Å². The number of benzene rings is 2. The topological polar surface area (TPSA) is 99.0 Å². The van der Waals surface area contributed by atoms with Gasteiger partial charge in [-0.25, -0.2) is 0 Å². The molecule has 1 aliphatic rings. The third-order valence-electron chi connectivity index (χ3n) is 4.27. The van der Waals surface area contributed by atoms with Crippen LogP contribution in [0.15, 0.2) is 41.3 Å². The van der Waals surface area contributed by atoms with Crippen LogP contribution in [0.25, 0.3) is 6.08 Å². The second-order valence-electron chi connectivity index (χ2n) is 6.17. The molecule has 0 saturated carbocycles. The smallest absolute Gasteiger partial charge is 0.293 e. The molecule has 0 aromatic heterocycles.